The number of hydrogen-bond acceptors (Lipinski definition) is 4. The lowest BCUT2D eigenvalue weighted by molar-refractivity contribution is -0.146. The van der Waals surface area contributed by atoms with Crippen LogP contribution in [-0.4, -0.2) is 50.2 Å². The van der Waals surface area contributed by atoms with Gasteiger partial charge in [-0.3, -0.25) is 9.59 Å². The van der Waals surface area contributed by atoms with Crippen molar-refractivity contribution in [3.8, 4) is 0 Å². The van der Waals surface area contributed by atoms with Crippen molar-refractivity contribution < 1.29 is 19.1 Å². The molecule has 0 spiro atoms. The molecule has 1 fully saturated rings. The van der Waals surface area contributed by atoms with Crippen LogP contribution in [0.4, 0.5) is 0 Å². The van der Waals surface area contributed by atoms with Gasteiger partial charge in [-0.15, -0.1) is 0 Å². The van der Waals surface area contributed by atoms with Gasteiger partial charge in [0, 0.05) is 32.7 Å². The van der Waals surface area contributed by atoms with E-state index < -0.39 is 0 Å². The van der Waals surface area contributed by atoms with E-state index >= 15 is 0 Å². The molecular formula is C13H23NO4. The predicted molar refractivity (Wildman–Crippen MR) is 67.0 cm³/mol. The van der Waals surface area contributed by atoms with Gasteiger partial charge >= 0.3 is 5.97 Å². The van der Waals surface area contributed by atoms with E-state index in [0.717, 1.165) is 6.42 Å². The first-order valence-corrected chi connectivity index (χ1v) is 6.53. The van der Waals surface area contributed by atoms with Gasteiger partial charge in [-0.1, -0.05) is 6.92 Å². The van der Waals surface area contributed by atoms with Crippen LogP contribution in [0.2, 0.25) is 0 Å². The smallest absolute Gasteiger partial charge is 0.310 e. The zero-order chi connectivity index (χ0) is 13.5. The van der Waals surface area contributed by atoms with Gasteiger partial charge in [-0.05, 0) is 19.3 Å². The van der Waals surface area contributed by atoms with Crippen LogP contribution >= 0.6 is 0 Å². The number of carbonyl (C=O) groups excluding carboxylic acids is 2. The molecule has 0 bridgehead atoms. The molecule has 0 N–H and O–H groups in total. The fourth-order valence-corrected chi connectivity index (χ4v) is 2.26. The second kappa shape index (κ2) is 7.36. The number of likely N-dealkylation sites (tertiary alicyclic amines) is 1. The largest absolute Gasteiger partial charge is 0.469 e. The number of carbonyl (C=O) groups is 2. The summed E-state index contributed by atoms with van der Waals surface area (Å²) in [6.45, 7) is 6.35. The highest BCUT2D eigenvalue weighted by Crippen LogP contribution is 2.24. The van der Waals surface area contributed by atoms with Crippen molar-refractivity contribution in [1.29, 1.82) is 0 Å². The second-order valence-corrected chi connectivity index (χ2v) is 4.71. The molecule has 104 valence electrons. The number of ether oxygens (including phenoxy) is 2. The number of rotatable bonds is 6. The Kier molecular flexibility index (Phi) is 6.12. The molecule has 18 heavy (non-hydrogen) atoms. The first kappa shape index (κ1) is 15.0. The van der Waals surface area contributed by atoms with Crippen molar-refractivity contribution in [3.05, 3.63) is 0 Å². The normalized spacial score (nSPS) is 23.2. The molecule has 1 amide bonds. The molecule has 0 aliphatic carbocycles. The van der Waals surface area contributed by atoms with E-state index in [2.05, 4.69) is 0 Å². The summed E-state index contributed by atoms with van der Waals surface area (Å²) < 4.78 is 9.95. The third-order valence-electron chi connectivity index (χ3n) is 3.35. The SMILES string of the molecule is CCOCCCC(=O)N1CC(C)C(C(=O)OC)C1. The third-order valence-corrected chi connectivity index (χ3v) is 3.35. The van der Waals surface area contributed by atoms with Crippen LogP contribution in [0.1, 0.15) is 26.7 Å². The van der Waals surface area contributed by atoms with Gasteiger partial charge in [-0.25, -0.2) is 0 Å². The van der Waals surface area contributed by atoms with Gasteiger partial charge in [0.1, 0.15) is 0 Å². The Hall–Kier alpha value is -1.10. The quantitative estimate of drug-likeness (QED) is 0.527. The van der Waals surface area contributed by atoms with Crippen molar-refractivity contribution in [2.75, 3.05) is 33.4 Å². The molecular weight excluding hydrogens is 234 g/mol. The number of hydrogen-bond donors (Lipinski definition) is 0. The number of amides is 1. The summed E-state index contributed by atoms with van der Waals surface area (Å²) >= 11 is 0. The van der Waals surface area contributed by atoms with Gasteiger partial charge in [0.25, 0.3) is 0 Å². The van der Waals surface area contributed by atoms with E-state index in [0.29, 0.717) is 32.7 Å². The molecule has 2 unspecified atom stereocenters. The lowest BCUT2D eigenvalue weighted by Gasteiger charge is -2.15. The van der Waals surface area contributed by atoms with E-state index in [1.165, 1.54) is 7.11 Å². The Morgan fingerprint density at radius 2 is 2.06 bits per heavy atom. The summed E-state index contributed by atoms with van der Waals surface area (Å²) in [6, 6.07) is 0. The lowest BCUT2D eigenvalue weighted by atomic mass is 9.99. The molecule has 0 radical (unpaired) electrons. The Labute approximate surface area is 108 Å². The molecule has 1 saturated heterocycles. The van der Waals surface area contributed by atoms with E-state index in [9.17, 15) is 9.59 Å². The predicted octanol–water partition coefficient (Wildman–Crippen LogP) is 1.07. The van der Waals surface area contributed by atoms with E-state index in [1.54, 1.807) is 4.90 Å². The van der Waals surface area contributed by atoms with Crippen LogP contribution in [0, 0.1) is 11.8 Å². The van der Waals surface area contributed by atoms with E-state index in [1.807, 2.05) is 13.8 Å². The molecule has 1 rings (SSSR count). The van der Waals surface area contributed by atoms with Crippen LogP contribution in [0.5, 0.6) is 0 Å². The minimum absolute atomic E-state index is 0.105. The summed E-state index contributed by atoms with van der Waals surface area (Å²) in [4.78, 5) is 25.2. The summed E-state index contributed by atoms with van der Waals surface area (Å²) in [5.41, 5.74) is 0. The van der Waals surface area contributed by atoms with Crippen LogP contribution in [-0.2, 0) is 19.1 Å². The molecule has 1 aliphatic rings. The first-order valence-electron chi connectivity index (χ1n) is 6.53. The zero-order valence-corrected chi connectivity index (χ0v) is 11.5. The van der Waals surface area contributed by atoms with Crippen LogP contribution < -0.4 is 0 Å². The summed E-state index contributed by atoms with van der Waals surface area (Å²) in [5.74, 6) is -0.112. The summed E-state index contributed by atoms with van der Waals surface area (Å²) in [6.07, 6.45) is 1.22. The van der Waals surface area contributed by atoms with E-state index in [4.69, 9.17) is 9.47 Å². The number of esters is 1. The number of methoxy groups -OCH3 is 1. The highest BCUT2D eigenvalue weighted by Gasteiger charge is 2.37. The van der Waals surface area contributed by atoms with Crippen molar-refractivity contribution in [1.82, 2.24) is 4.90 Å². The highest BCUT2D eigenvalue weighted by atomic mass is 16.5. The summed E-state index contributed by atoms with van der Waals surface area (Å²) in [7, 11) is 1.39. The molecule has 1 heterocycles. The van der Waals surface area contributed by atoms with Gasteiger partial charge < -0.3 is 14.4 Å². The van der Waals surface area contributed by atoms with Crippen molar-refractivity contribution in [2.45, 2.75) is 26.7 Å². The Bertz CT molecular complexity index is 293. The molecule has 0 aromatic rings. The van der Waals surface area contributed by atoms with Gasteiger partial charge in [0.2, 0.25) is 5.91 Å². The first-order chi connectivity index (χ1) is 8.60. The molecule has 1 aliphatic heterocycles. The van der Waals surface area contributed by atoms with Crippen molar-refractivity contribution in [2.24, 2.45) is 11.8 Å². The van der Waals surface area contributed by atoms with E-state index in [-0.39, 0.29) is 23.7 Å². The Balaban J connectivity index is 2.35. The average molecular weight is 257 g/mol. The fourth-order valence-electron chi connectivity index (χ4n) is 2.26. The molecule has 5 heteroatoms. The lowest BCUT2D eigenvalue weighted by Crippen LogP contribution is -2.30. The minimum Gasteiger partial charge on any atom is -0.469 e. The summed E-state index contributed by atoms with van der Waals surface area (Å²) in [5, 5.41) is 0. The fraction of sp³-hybridized carbons (Fsp3) is 0.846. The van der Waals surface area contributed by atoms with Crippen LogP contribution in [0.25, 0.3) is 0 Å². The third kappa shape index (κ3) is 3.98. The maximum atomic E-state index is 11.9. The van der Waals surface area contributed by atoms with Crippen molar-refractivity contribution in [3.63, 3.8) is 0 Å². The standard InChI is InChI=1S/C13H23NO4/c1-4-18-7-5-6-12(15)14-8-10(2)11(9-14)13(16)17-3/h10-11H,4-9H2,1-3H3. The average Bonchev–Trinajstić information content (AvgIpc) is 2.75. The van der Waals surface area contributed by atoms with Crippen LogP contribution in [0.15, 0.2) is 0 Å². The molecule has 0 saturated carbocycles. The van der Waals surface area contributed by atoms with Crippen LogP contribution in [0.3, 0.4) is 0 Å². The molecule has 2 atom stereocenters. The van der Waals surface area contributed by atoms with Gasteiger partial charge in [-0.2, -0.15) is 0 Å². The second-order valence-electron chi connectivity index (χ2n) is 4.71. The highest BCUT2D eigenvalue weighted by molar-refractivity contribution is 5.79. The van der Waals surface area contributed by atoms with Gasteiger partial charge in [0.05, 0.1) is 13.0 Å². The topological polar surface area (TPSA) is 55.8 Å². The zero-order valence-electron chi connectivity index (χ0n) is 11.5. The molecule has 5 nitrogen and oxygen atoms in total. The minimum atomic E-state index is -0.216. The Morgan fingerprint density at radius 3 is 2.67 bits per heavy atom. The maximum absolute atomic E-state index is 11.9. The molecule has 0 aromatic heterocycles. The van der Waals surface area contributed by atoms with Crippen molar-refractivity contribution >= 4 is 11.9 Å². The maximum Gasteiger partial charge on any atom is 0.310 e. The monoisotopic (exact) mass is 257 g/mol. The molecule has 0 aromatic carbocycles. The number of nitrogens with zero attached hydrogens (tertiary/aromatic N) is 1. The van der Waals surface area contributed by atoms with Gasteiger partial charge in [0.15, 0.2) is 0 Å². The Morgan fingerprint density at radius 1 is 1.33 bits per heavy atom.